The molecule has 162 valence electrons. The number of fused-ring (bicyclic) bond motifs is 1. The highest BCUT2D eigenvalue weighted by atomic mass is 32.2. The number of ether oxygens (including phenoxy) is 1. The van der Waals surface area contributed by atoms with Gasteiger partial charge in [-0.15, -0.1) is 5.10 Å². The number of piperidine rings is 1. The maximum Gasteiger partial charge on any atom is 0.243 e. The molecule has 3 atom stereocenters. The zero-order chi connectivity index (χ0) is 21.3. The van der Waals surface area contributed by atoms with Crippen molar-refractivity contribution in [2.75, 3.05) is 24.3 Å². The largest absolute Gasteiger partial charge is 0.771 e. The van der Waals surface area contributed by atoms with Gasteiger partial charge in [0.2, 0.25) is 11.8 Å². The summed E-state index contributed by atoms with van der Waals surface area (Å²) in [6.07, 6.45) is 4.35. The number of hydrogen-bond donors (Lipinski definition) is 2. The number of likely N-dealkylation sites (tertiary alicyclic amines) is 1. The quantitative estimate of drug-likeness (QED) is 0.542. The van der Waals surface area contributed by atoms with Gasteiger partial charge in [-0.3, -0.25) is 14.2 Å². The molecule has 10 nitrogen and oxygen atoms in total. The second-order valence-electron chi connectivity index (χ2n) is 7.94. The van der Waals surface area contributed by atoms with Crippen molar-refractivity contribution >= 4 is 22.7 Å². The van der Waals surface area contributed by atoms with Crippen LogP contribution < -0.4 is 10.1 Å². The Hall–Kier alpha value is -2.50. The number of aromatic amines is 1. The summed E-state index contributed by atoms with van der Waals surface area (Å²) in [7, 11) is 0. The molecule has 3 aromatic heterocycles. The molecule has 1 aliphatic rings. The molecule has 0 bridgehead atoms. The fraction of sp³-hybridized carbons (Fsp3) is 0.526. The molecule has 0 aromatic carbocycles. The van der Waals surface area contributed by atoms with E-state index >= 15 is 0 Å². The minimum atomic E-state index is -2.05. The Labute approximate surface area is 177 Å². The van der Waals surface area contributed by atoms with E-state index in [0.717, 1.165) is 24.1 Å². The fourth-order valence-electron chi connectivity index (χ4n) is 3.82. The van der Waals surface area contributed by atoms with Crippen LogP contribution in [0.3, 0.4) is 0 Å². The number of aromatic nitrogens is 5. The van der Waals surface area contributed by atoms with E-state index in [1.807, 2.05) is 37.1 Å². The third kappa shape index (κ3) is 4.47. The number of nitrogens with zero attached hydrogens (tertiary/aromatic N) is 5. The Morgan fingerprint density at radius 2 is 2.27 bits per heavy atom. The summed E-state index contributed by atoms with van der Waals surface area (Å²) in [6, 6.07) is 4.03. The molecule has 3 aromatic rings. The molecule has 0 amide bonds. The van der Waals surface area contributed by atoms with Crippen LogP contribution in [0.1, 0.15) is 27.2 Å². The van der Waals surface area contributed by atoms with Crippen molar-refractivity contribution in [1.29, 1.82) is 0 Å². The predicted molar refractivity (Wildman–Crippen MR) is 113 cm³/mol. The number of H-pyrrole nitrogens is 1. The number of pyridine rings is 1. The van der Waals surface area contributed by atoms with Crippen LogP contribution in [-0.2, 0) is 11.1 Å². The predicted octanol–water partition coefficient (Wildman–Crippen LogP) is 1.87. The minimum absolute atomic E-state index is 0.0298. The first kappa shape index (κ1) is 20.8. The highest BCUT2D eigenvalue weighted by Crippen LogP contribution is 2.31. The highest BCUT2D eigenvalue weighted by Gasteiger charge is 2.27. The van der Waals surface area contributed by atoms with Crippen molar-refractivity contribution in [1.82, 2.24) is 29.7 Å². The molecule has 1 saturated heterocycles. The van der Waals surface area contributed by atoms with Crippen LogP contribution in [0.4, 0.5) is 5.95 Å². The van der Waals surface area contributed by atoms with E-state index in [0.29, 0.717) is 24.0 Å². The standard InChI is InChI=1S/C19H27N7O3S/c1-12(2)29-18-15(14-8-20-21-9-14)4-5-17-23-19(24-26(17)18)22-16-6-7-25(10-13(16)3)11-30(27)28/h4-5,8-9,12-13,16H,6-7,10-11H2,1-3H3,(H,20,21)(H,22,24)(H,27,28)/p-1/t13-,16+/m1/s1. The molecular weight excluding hydrogens is 406 g/mol. The van der Waals surface area contributed by atoms with Crippen LogP contribution in [-0.4, -0.2) is 69.6 Å². The lowest BCUT2D eigenvalue weighted by Gasteiger charge is -2.37. The monoisotopic (exact) mass is 432 g/mol. The van der Waals surface area contributed by atoms with E-state index in [1.165, 1.54) is 0 Å². The van der Waals surface area contributed by atoms with Crippen LogP contribution in [0.25, 0.3) is 16.8 Å². The Kier molecular flexibility index (Phi) is 6.02. The molecule has 30 heavy (non-hydrogen) atoms. The lowest BCUT2D eigenvalue weighted by molar-refractivity contribution is 0.194. The van der Waals surface area contributed by atoms with Gasteiger partial charge in [0, 0.05) is 36.5 Å². The van der Waals surface area contributed by atoms with Crippen molar-refractivity contribution in [2.24, 2.45) is 5.92 Å². The average molecular weight is 433 g/mol. The highest BCUT2D eigenvalue weighted by molar-refractivity contribution is 7.79. The summed E-state index contributed by atoms with van der Waals surface area (Å²) in [5.41, 5.74) is 2.48. The summed E-state index contributed by atoms with van der Waals surface area (Å²) in [5.74, 6) is 1.49. The summed E-state index contributed by atoms with van der Waals surface area (Å²) in [5, 5.41) is 15.0. The van der Waals surface area contributed by atoms with Crippen LogP contribution >= 0.6 is 0 Å². The maximum atomic E-state index is 11.0. The number of anilines is 1. The van der Waals surface area contributed by atoms with Crippen LogP contribution in [0, 0.1) is 5.92 Å². The first-order valence-electron chi connectivity index (χ1n) is 10.0. The Morgan fingerprint density at radius 3 is 2.93 bits per heavy atom. The zero-order valence-corrected chi connectivity index (χ0v) is 18.1. The molecule has 4 heterocycles. The third-order valence-corrected chi connectivity index (χ3v) is 5.78. The molecule has 1 fully saturated rings. The van der Waals surface area contributed by atoms with Gasteiger partial charge in [0.05, 0.1) is 18.2 Å². The van der Waals surface area contributed by atoms with Crippen molar-refractivity contribution in [3.8, 4) is 17.0 Å². The van der Waals surface area contributed by atoms with Gasteiger partial charge in [-0.05, 0) is 49.4 Å². The van der Waals surface area contributed by atoms with Gasteiger partial charge < -0.3 is 14.6 Å². The maximum absolute atomic E-state index is 11.0. The summed E-state index contributed by atoms with van der Waals surface area (Å²) in [6.45, 7) is 7.48. The fourth-order valence-corrected chi connectivity index (χ4v) is 4.35. The molecule has 0 aliphatic carbocycles. The summed E-state index contributed by atoms with van der Waals surface area (Å²) >= 11 is -2.05. The molecule has 2 N–H and O–H groups in total. The number of rotatable bonds is 7. The van der Waals surface area contributed by atoms with Gasteiger partial charge in [0.1, 0.15) is 0 Å². The SMILES string of the molecule is CC(C)Oc1c(-c2cn[nH]c2)ccc2nc(N[C@H]3CCN(CS(=O)[O-])C[C@H]3C)nn12. The lowest BCUT2D eigenvalue weighted by atomic mass is 9.94. The average Bonchev–Trinajstić information content (AvgIpc) is 3.33. The van der Waals surface area contributed by atoms with Crippen molar-refractivity contribution < 1.29 is 13.5 Å². The van der Waals surface area contributed by atoms with Gasteiger partial charge in [0.25, 0.3) is 0 Å². The zero-order valence-electron chi connectivity index (χ0n) is 17.2. The minimum Gasteiger partial charge on any atom is -0.771 e. The molecule has 0 radical (unpaired) electrons. The van der Waals surface area contributed by atoms with E-state index in [-0.39, 0.29) is 23.9 Å². The Bertz CT molecular complexity index is 1020. The van der Waals surface area contributed by atoms with Crippen molar-refractivity contribution in [3.63, 3.8) is 0 Å². The number of hydrogen-bond acceptors (Lipinski definition) is 8. The smallest absolute Gasteiger partial charge is 0.243 e. The van der Waals surface area contributed by atoms with Crippen LogP contribution in [0.2, 0.25) is 0 Å². The van der Waals surface area contributed by atoms with Crippen molar-refractivity contribution in [3.05, 3.63) is 24.5 Å². The molecule has 1 aliphatic heterocycles. The molecule has 4 rings (SSSR count). The van der Waals surface area contributed by atoms with Gasteiger partial charge in [-0.25, -0.2) is 0 Å². The van der Waals surface area contributed by atoms with E-state index < -0.39 is 11.1 Å². The number of nitrogens with one attached hydrogen (secondary N) is 2. The normalized spacial score (nSPS) is 21.2. The van der Waals surface area contributed by atoms with Crippen molar-refractivity contribution in [2.45, 2.75) is 39.3 Å². The van der Waals surface area contributed by atoms with Gasteiger partial charge in [-0.1, -0.05) is 6.92 Å². The van der Waals surface area contributed by atoms with Gasteiger partial charge in [-0.2, -0.15) is 14.6 Å². The Morgan fingerprint density at radius 1 is 1.43 bits per heavy atom. The van der Waals surface area contributed by atoms with E-state index in [1.54, 1.807) is 10.7 Å². The van der Waals surface area contributed by atoms with E-state index in [4.69, 9.17) is 4.74 Å². The second-order valence-corrected chi connectivity index (χ2v) is 8.80. The lowest BCUT2D eigenvalue weighted by Crippen LogP contribution is -2.46. The van der Waals surface area contributed by atoms with Crippen LogP contribution in [0.5, 0.6) is 5.88 Å². The summed E-state index contributed by atoms with van der Waals surface area (Å²) in [4.78, 5) is 6.58. The first-order chi connectivity index (χ1) is 14.4. The topological polar surface area (TPSA) is 123 Å². The van der Waals surface area contributed by atoms with Gasteiger partial charge in [0.15, 0.2) is 5.65 Å². The molecule has 1 unspecified atom stereocenters. The molecule has 11 heteroatoms. The third-order valence-electron chi connectivity index (χ3n) is 5.20. The van der Waals surface area contributed by atoms with Gasteiger partial charge >= 0.3 is 0 Å². The molecular formula is C19H26N7O3S-. The van der Waals surface area contributed by atoms with Crippen LogP contribution in [0.15, 0.2) is 24.5 Å². The Balaban J connectivity index is 1.58. The molecule has 0 spiro atoms. The first-order valence-corrected chi connectivity index (χ1v) is 11.3. The van der Waals surface area contributed by atoms with E-state index in [2.05, 4.69) is 32.5 Å². The second kappa shape index (κ2) is 8.70. The van der Waals surface area contributed by atoms with E-state index in [9.17, 15) is 8.76 Å². The molecule has 0 saturated carbocycles. The summed E-state index contributed by atoms with van der Waals surface area (Å²) < 4.78 is 29.7.